The summed E-state index contributed by atoms with van der Waals surface area (Å²) in [6.45, 7) is 0. The molecule has 0 aromatic carbocycles. The van der Waals surface area contributed by atoms with Crippen molar-refractivity contribution in [3.63, 3.8) is 0 Å². The molecule has 17 heavy (non-hydrogen) atoms. The minimum Gasteiger partial charge on any atom is -0.299 e. The highest BCUT2D eigenvalue weighted by Gasteiger charge is 2.08. The predicted molar refractivity (Wildman–Crippen MR) is 56.1 cm³/mol. The van der Waals surface area contributed by atoms with Crippen molar-refractivity contribution >= 4 is 12.8 Å². The first-order chi connectivity index (χ1) is 7.97. The van der Waals surface area contributed by atoms with Crippen molar-refractivity contribution in [2.45, 2.75) is 0 Å². The lowest BCUT2D eigenvalue weighted by molar-refractivity contribution is 0.587. The average Bonchev–Trinajstić information content (AvgIpc) is 2.28. The van der Waals surface area contributed by atoms with Crippen LogP contribution in [0.1, 0.15) is 0 Å². The number of halogens is 2. The lowest BCUT2D eigenvalue weighted by Gasteiger charge is -1.98. The SMILES string of the molecule is N=c1cc(F)c2c(=N)/c(=N\S)cc(F)c=2c1=N. The van der Waals surface area contributed by atoms with Crippen molar-refractivity contribution in [1.82, 2.24) is 0 Å². The zero-order chi connectivity index (χ0) is 12.7. The fourth-order valence-corrected chi connectivity index (χ4v) is 1.76. The molecule has 0 aliphatic heterocycles. The summed E-state index contributed by atoms with van der Waals surface area (Å²) in [5, 5.41) is 20.4. The van der Waals surface area contributed by atoms with Crippen LogP contribution in [0.2, 0.25) is 0 Å². The van der Waals surface area contributed by atoms with E-state index < -0.39 is 22.3 Å². The summed E-state index contributed by atoms with van der Waals surface area (Å²) >= 11 is 3.57. The Morgan fingerprint density at radius 1 is 0.941 bits per heavy atom. The second kappa shape index (κ2) is 3.85. The number of nitrogens with zero attached hydrogens (tertiary/aromatic N) is 1. The van der Waals surface area contributed by atoms with Crippen LogP contribution in [0.4, 0.5) is 8.78 Å². The molecule has 7 heteroatoms. The highest BCUT2D eigenvalue weighted by atomic mass is 32.1. The lowest BCUT2D eigenvalue weighted by Crippen LogP contribution is -2.34. The summed E-state index contributed by atoms with van der Waals surface area (Å²) in [6, 6.07) is 1.68. The molecule has 0 saturated heterocycles. The fraction of sp³-hybridized carbons (Fsp3) is 0. The summed E-state index contributed by atoms with van der Waals surface area (Å²) in [5.41, 5.74) is 0. The van der Waals surface area contributed by atoms with E-state index >= 15 is 0 Å². The molecular formula is C10H6F2N4S. The minimum atomic E-state index is -0.913. The van der Waals surface area contributed by atoms with Crippen molar-refractivity contribution in [2.24, 2.45) is 4.40 Å². The quantitative estimate of drug-likeness (QED) is 0.466. The van der Waals surface area contributed by atoms with Crippen molar-refractivity contribution < 1.29 is 8.78 Å². The van der Waals surface area contributed by atoms with Gasteiger partial charge < -0.3 is 0 Å². The largest absolute Gasteiger partial charge is 0.299 e. The molecular weight excluding hydrogens is 246 g/mol. The third kappa shape index (κ3) is 1.59. The molecule has 0 saturated carbocycles. The number of thiol groups is 1. The van der Waals surface area contributed by atoms with Crippen molar-refractivity contribution in [1.29, 1.82) is 16.2 Å². The molecule has 0 unspecified atom stereocenters. The molecule has 86 valence electrons. The number of hydrogen-bond acceptors (Lipinski definition) is 5. The molecule has 0 heterocycles. The van der Waals surface area contributed by atoms with Gasteiger partial charge >= 0.3 is 0 Å². The Kier molecular flexibility index (Phi) is 2.62. The zero-order valence-electron chi connectivity index (χ0n) is 8.31. The van der Waals surface area contributed by atoms with E-state index in [0.717, 1.165) is 12.1 Å². The van der Waals surface area contributed by atoms with E-state index in [4.69, 9.17) is 16.2 Å². The van der Waals surface area contributed by atoms with Gasteiger partial charge in [-0.1, -0.05) is 0 Å². The van der Waals surface area contributed by atoms with E-state index in [2.05, 4.69) is 17.2 Å². The van der Waals surface area contributed by atoms with Crippen LogP contribution < -0.4 is 21.4 Å². The van der Waals surface area contributed by atoms with Gasteiger partial charge in [-0.05, 0) is 12.8 Å². The summed E-state index contributed by atoms with van der Waals surface area (Å²) in [5.74, 6) is -1.80. The van der Waals surface area contributed by atoms with Gasteiger partial charge in [-0.15, -0.1) is 0 Å². The number of nitrogens with one attached hydrogen (secondary N) is 3. The maximum absolute atomic E-state index is 13.7. The fourth-order valence-electron chi connectivity index (χ4n) is 1.60. The highest BCUT2D eigenvalue weighted by molar-refractivity contribution is 7.78. The van der Waals surface area contributed by atoms with Crippen molar-refractivity contribution in [2.75, 3.05) is 0 Å². The van der Waals surface area contributed by atoms with Crippen LogP contribution in [0.15, 0.2) is 16.5 Å². The van der Waals surface area contributed by atoms with Crippen LogP contribution in [-0.4, -0.2) is 0 Å². The summed E-state index contributed by atoms with van der Waals surface area (Å²) < 4.78 is 30.7. The molecule has 0 spiro atoms. The van der Waals surface area contributed by atoms with Gasteiger partial charge in [-0.25, -0.2) is 13.2 Å². The van der Waals surface area contributed by atoms with Crippen molar-refractivity contribution in [3.05, 3.63) is 55.6 Å². The molecule has 3 N–H and O–H groups in total. The van der Waals surface area contributed by atoms with Gasteiger partial charge in [-0.3, -0.25) is 16.2 Å². The maximum Gasteiger partial charge on any atom is 0.135 e. The molecule has 0 amide bonds. The summed E-state index contributed by atoms with van der Waals surface area (Å²) in [7, 11) is 0. The maximum atomic E-state index is 13.7. The van der Waals surface area contributed by atoms with Gasteiger partial charge in [0.25, 0.3) is 0 Å². The molecule has 2 aliphatic rings. The molecule has 2 rings (SSSR count). The Labute approximate surface area is 98.4 Å². The van der Waals surface area contributed by atoms with Gasteiger partial charge in [0.15, 0.2) is 0 Å². The molecule has 2 aliphatic carbocycles. The van der Waals surface area contributed by atoms with E-state index in [1.807, 2.05) is 0 Å². The predicted octanol–water partition coefficient (Wildman–Crippen LogP) is -0.251. The molecule has 0 aromatic heterocycles. The molecule has 4 nitrogen and oxygen atoms in total. The smallest absolute Gasteiger partial charge is 0.135 e. The average molecular weight is 252 g/mol. The normalized spacial score (nSPS) is 12.3. The topological polar surface area (TPSA) is 83.9 Å². The third-order valence-electron chi connectivity index (χ3n) is 2.40. The second-order valence-electron chi connectivity index (χ2n) is 3.38. The van der Waals surface area contributed by atoms with Crippen LogP contribution in [0.3, 0.4) is 0 Å². The Morgan fingerprint density at radius 2 is 1.47 bits per heavy atom. The monoisotopic (exact) mass is 252 g/mol. The van der Waals surface area contributed by atoms with Crippen LogP contribution in [0.5, 0.6) is 0 Å². The van der Waals surface area contributed by atoms with Gasteiger partial charge in [-0.2, -0.15) is 0 Å². The van der Waals surface area contributed by atoms with Crippen LogP contribution in [-0.2, 0) is 0 Å². The first kappa shape index (κ1) is 11.6. The van der Waals surface area contributed by atoms with Gasteiger partial charge in [0, 0.05) is 22.6 Å². The summed E-state index contributed by atoms with van der Waals surface area (Å²) in [6.07, 6.45) is 0. The minimum absolute atomic E-state index is 0.116. The molecule has 0 fully saturated rings. The van der Waals surface area contributed by atoms with E-state index in [1.54, 1.807) is 0 Å². The van der Waals surface area contributed by atoms with Crippen LogP contribution in [0.25, 0.3) is 0 Å². The van der Waals surface area contributed by atoms with Gasteiger partial charge in [0.05, 0.1) is 21.4 Å². The van der Waals surface area contributed by atoms with Crippen LogP contribution in [0, 0.1) is 38.3 Å². The zero-order valence-corrected chi connectivity index (χ0v) is 9.20. The van der Waals surface area contributed by atoms with Gasteiger partial charge in [0.2, 0.25) is 0 Å². The molecule has 0 bridgehead atoms. The molecule has 0 radical (unpaired) electrons. The van der Waals surface area contributed by atoms with E-state index in [9.17, 15) is 8.78 Å². The van der Waals surface area contributed by atoms with Crippen LogP contribution >= 0.6 is 12.8 Å². The lowest BCUT2D eigenvalue weighted by atomic mass is 10.1. The van der Waals surface area contributed by atoms with E-state index in [0.29, 0.717) is 0 Å². The van der Waals surface area contributed by atoms with Gasteiger partial charge in [0.1, 0.15) is 11.6 Å². The first-order valence-electron chi connectivity index (χ1n) is 4.46. The summed E-state index contributed by atoms with van der Waals surface area (Å²) in [4.78, 5) is 0. The Bertz CT molecular complexity index is 881. The van der Waals surface area contributed by atoms with Crippen molar-refractivity contribution in [3.8, 4) is 0 Å². The Balaban J connectivity index is 3.47. The highest BCUT2D eigenvalue weighted by Crippen LogP contribution is 1.97. The number of rotatable bonds is 0. The number of hydrogen-bond donors (Lipinski definition) is 4. The molecule has 0 aromatic rings. The Hall–Kier alpha value is -1.89. The second-order valence-corrected chi connectivity index (χ2v) is 3.58. The third-order valence-corrected chi connectivity index (χ3v) is 2.61. The standard InChI is InChI=1S/C10H6F2N4S/c11-3-1-5(13)9(14)7-4(12)2-6(16-17)10(15)8(3)7/h1-2,13-15,17H/b13-5?,14-9?,15-10?,16-6-. The first-order valence-corrected chi connectivity index (χ1v) is 4.86. The molecule has 0 atom stereocenters. The van der Waals surface area contributed by atoms with E-state index in [-0.39, 0.29) is 21.2 Å². The Morgan fingerprint density at radius 3 is 2.06 bits per heavy atom. The van der Waals surface area contributed by atoms with E-state index in [1.165, 1.54) is 0 Å².